The molecule has 5 heteroatoms. The molecule has 0 saturated heterocycles. The molecular weight excluding hydrogens is 420 g/mol. The van der Waals surface area contributed by atoms with Crippen LogP contribution in [-0.2, 0) is 17.8 Å². The molecule has 3 aromatic rings. The Balaban J connectivity index is 1.61. The number of para-hydroxylation sites is 1. The molecule has 0 N–H and O–H groups in total. The minimum atomic E-state index is 0.119. The van der Waals surface area contributed by atoms with Gasteiger partial charge in [-0.1, -0.05) is 94.1 Å². The SMILES string of the molecule is COCCCCCCCCN1Cc2ccccc2-c2c(nnn2CC(C)(C)C)-c2ccccc21. The summed E-state index contributed by atoms with van der Waals surface area (Å²) >= 11 is 0. The summed E-state index contributed by atoms with van der Waals surface area (Å²) in [6.07, 6.45) is 7.49. The average Bonchev–Trinajstić information content (AvgIpc) is 3.20. The van der Waals surface area contributed by atoms with Gasteiger partial charge in [-0.2, -0.15) is 0 Å². The fourth-order valence-corrected chi connectivity index (χ4v) is 4.91. The quantitative estimate of drug-likeness (QED) is 0.307. The standard InChI is InChI=1S/C29H40N4O/c1-29(2,3)22-33-28-24-16-10-9-15-23(24)21-32(19-13-7-5-6-8-14-20-34-4)26-18-12-11-17-25(26)27(28)30-31-33/h9-12,15-18H,5-8,13-14,19-22H2,1-4H3. The number of anilines is 1. The first kappa shape index (κ1) is 24.5. The Hall–Kier alpha value is -2.66. The second-order valence-electron chi connectivity index (χ2n) is 10.7. The monoisotopic (exact) mass is 460 g/mol. The van der Waals surface area contributed by atoms with Crippen molar-refractivity contribution in [2.45, 2.75) is 72.4 Å². The molecule has 0 radical (unpaired) electrons. The van der Waals surface area contributed by atoms with Crippen LogP contribution in [0.5, 0.6) is 0 Å². The first-order chi connectivity index (χ1) is 16.5. The minimum absolute atomic E-state index is 0.119. The van der Waals surface area contributed by atoms with Crippen LogP contribution >= 0.6 is 0 Å². The van der Waals surface area contributed by atoms with Crippen LogP contribution in [0.4, 0.5) is 5.69 Å². The smallest absolute Gasteiger partial charge is 0.123 e. The lowest BCUT2D eigenvalue weighted by atomic mass is 9.93. The van der Waals surface area contributed by atoms with Crippen molar-refractivity contribution in [3.05, 3.63) is 54.1 Å². The van der Waals surface area contributed by atoms with Crippen molar-refractivity contribution in [1.29, 1.82) is 0 Å². The summed E-state index contributed by atoms with van der Waals surface area (Å²) in [5.74, 6) is 0. The van der Waals surface area contributed by atoms with Crippen LogP contribution in [0.25, 0.3) is 22.5 Å². The number of aromatic nitrogens is 3. The van der Waals surface area contributed by atoms with Crippen LogP contribution in [0.2, 0.25) is 0 Å². The van der Waals surface area contributed by atoms with Gasteiger partial charge in [-0.15, -0.1) is 5.10 Å². The third kappa shape index (κ3) is 5.87. The summed E-state index contributed by atoms with van der Waals surface area (Å²) < 4.78 is 7.28. The third-order valence-electron chi connectivity index (χ3n) is 6.52. The summed E-state index contributed by atoms with van der Waals surface area (Å²) in [7, 11) is 1.79. The molecule has 5 nitrogen and oxygen atoms in total. The van der Waals surface area contributed by atoms with Crippen molar-refractivity contribution in [2.24, 2.45) is 5.41 Å². The summed E-state index contributed by atoms with van der Waals surface area (Å²) in [5, 5.41) is 9.38. The van der Waals surface area contributed by atoms with E-state index in [1.54, 1.807) is 7.11 Å². The molecule has 0 spiro atoms. The lowest BCUT2D eigenvalue weighted by Gasteiger charge is -2.30. The molecule has 0 atom stereocenters. The molecule has 0 fully saturated rings. The molecule has 2 heterocycles. The summed E-state index contributed by atoms with van der Waals surface area (Å²) in [6.45, 7) is 10.4. The van der Waals surface area contributed by atoms with Gasteiger partial charge >= 0.3 is 0 Å². The van der Waals surface area contributed by atoms with Gasteiger partial charge in [0.15, 0.2) is 0 Å². The first-order valence-electron chi connectivity index (χ1n) is 12.8. The Morgan fingerprint density at radius 3 is 2.29 bits per heavy atom. The Labute approximate surface area is 205 Å². The number of hydrogen-bond donors (Lipinski definition) is 0. The van der Waals surface area contributed by atoms with E-state index in [0.29, 0.717) is 0 Å². The number of hydrogen-bond acceptors (Lipinski definition) is 4. The molecule has 182 valence electrons. The maximum absolute atomic E-state index is 5.17. The molecule has 2 aromatic carbocycles. The fourth-order valence-electron chi connectivity index (χ4n) is 4.91. The maximum atomic E-state index is 5.17. The molecule has 1 aliphatic heterocycles. The van der Waals surface area contributed by atoms with Crippen molar-refractivity contribution in [1.82, 2.24) is 15.0 Å². The number of fused-ring (bicyclic) bond motifs is 5. The molecule has 1 aliphatic rings. The molecule has 0 amide bonds. The highest BCUT2D eigenvalue weighted by molar-refractivity contribution is 5.88. The number of ether oxygens (including phenoxy) is 1. The predicted octanol–water partition coefficient (Wildman–Crippen LogP) is 6.97. The van der Waals surface area contributed by atoms with E-state index in [1.165, 1.54) is 60.9 Å². The zero-order valence-corrected chi connectivity index (χ0v) is 21.4. The van der Waals surface area contributed by atoms with Crippen LogP contribution in [0.3, 0.4) is 0 Å². The van der Waals surface area contributed by atoms with Gasteiger partial charge in [0.05, 0.1) is 5.69 Å². The van der Waals surface area contributed by atoms with Gasteiger partial charge in [0, 0.05) is 50.2 Å². The van der Waals surface area contributed by atoms with E-state index in [2.05, 4.69) is 84.1 Å². The van der Waals surface area contributed by atoms with Gasteiger partial charge in [-0.3, -0.25) is 0 Å². The van der Waals surface area contributed by atoms with E-state index < -0.39 is 0 Å². The van der Waals surface area contributed by atoms with Gasteiger partial charge in [0.1, 0.15) is 5.69 Å². The third-order valence-corrected chi connectivity index (χ3v) is 6.52. The molecule has 0 bridgehead atoms. The van der Waals surface area contributed by atoms with Crippen molar-refractivity contribution in [3.8, 4) is 22.5 Å². The van der Waals surface area contributed by atoms with Gasteiger partial charge in [0.2, 0.25) is 0 Å². The lowest BCUT2D eigenvalue weighted by Crippen LogP contribution is -2.26. The van der Waals surface area contributed by atoms with Gasteiger partial charge in [-0.05, 0) is 29.9 Å². The first-order valence-corrected chi connectivity index (χ1v) is 12.8. The average molecular weight is 461 g/mol. The lowest BCUT2D eigenvalue weighted by molar-refractivity contribution is 0.192. The molecule has 0 saturated carbocycles. The van der Waals surface area contributed by atoms with Crippen LogP contribution in [0.15, 0.2) is 48.5 Å². The van der Waals surface area contributed by atoms with Gasteiger partial charge in [-0.25, -0.2) is 4.68 Å². The normalized spacial score (nSPS) is 13.1. The topological polar surface area (TPSA) is 43.2 Å². The highest BCUT2D eigenvalue weighted by atomic mass is 16.5. The van der Waals surface area contributed by atoms with Crippen molar-refractivity contribution >= 4 is 5.69 Å². The van der Waals surface area contributed by atoms with E-state index >= 15 is 0 Å². The van der Waals surface area contributed by atoms with E-state index in [0.717, 1.165) is 37.6 Å². The van der Waals surface area contributed by atoms with E-state index in [1.807, 2.05) is 0 Å². The zero-order chi connectivity index (χ0) is 24.0. The second-order valence-corrected chi connectivity index (χ2v) is 10.7. The van der Waals surface area contributed by atoms with Crippen molar-refractivity contribution in [3.63, 3.8) is 0 Å². The molecule has 0 aliphatic carbocycles. The largest absolute Gasteiger partial charge is 0.385 e. The summed E-state index contributed by atoms with van der Waals surface area (Å²) in [5.41, 5.74) is 7.31. The molecule has 0 unspecified atom stereocenters. The van der Waals surface area contributed by atoms with Crippen molar-refractivity contribution in [2.75, 3.05) is 25.2 Å². The summed E-state index contributed by atoms with van der Waals surface area (Å²) in [6, 6.07) is 17.5. The maximum Gasteiger partial charge on any atom is 0.123 e. The highest BCUT2D eigenvalue weighted by Gasteiger charge is 2.27. The van der Waals surface area contributed by atoms with Crippen molar-refractivity contribution < 1.29 is 4.74 Å². The number of methoxy groups -OCH3 is 1. The fraction of sp³-hybridized carbons (Fsp3) is 0.517. The molecular formula is C29H40N4O. The van der Waals surface area contributed by atoms with Crippen LogP contribution in [-0.4, -0.2) is 35.3 Å². The van der Waals surface area contributed by atoms with E-state index in [4.69, 9.17) is 9.84 Å². The molecule has 1 aromatic heterocycles. The number of benzene rings is 2. The van der Waals surface area contributed by atoms with E-state index in [9.17, 15) is 0 Å². The molecule has 4 rings (SSSR count). The predicted molar refractivity (Wildman–Crippen MR) is 141 cm³/mol. The number of rotatable bonds is 10. The van der Waals surface area contributed by atoms with E-state index in [-0.39, 0.29) is 5.41 Å². The Morgan fingerprint density at radius 2 is 1.53 bits per heavy atom. The molecule has 34 heavy (non-hydrogen) atoms. The van der Waals surface area contributed by atoms with Gasteiger partial charge in [0.25, 0.3) is 0 Å². The van der Waals surface area contributed by atoms with Gasteiger partial charge < -0.3 is 9.64 Å². The van der Waals surface area contributed by atoms with Crippen LogP contribution in [0.1, 0.15) is 64.9 Å². The number of unbranched alkanes of at least 4 members (excludes halogenated alkanes) is 5. The van der Waals surface area contributed by atoms with Crippen LogP contribution in [0, 0.1) is 5.41 Å². The zero-order valence-electron chi connectivity index (χ0n) is 21.4. The minimum Gasteiger partial charge on any atom is -0.385 e. The van der Waals surface area contributed by atoms with Crippen LogP contribution < -0.4 is 4.90 Å². The Kier molecular flexibility index (Phi) is 8.04. The Bertz CT molecular complexity index is 1070. The number of nitrogens with zero attached hydrogens (tertiary/aromatic N) is 4. The Morgan fingerprint density at radius 1 is 0.853 bits per heavy atom. The second kappa shape index (κ2) is 11.2. The summed E-state index contributed by atoms with van der Waals surface area (Å²) in [4.78, 5) is 2.55. The highest BCUT2D eigenvalue weighted by Crippen LogP contribution is 2.41.